The fraction of sp³-hybridized carbons (Fsp3) is 0.889. The molecule has 0 spiro atoms. The first-order valence-electron chi connectivity index (χ1n) is 4.60. The number of unbranched alkanes of at least 4 members (excludes halogenated alkanes) is 1. The first-order valence-corrected chi connectivity index (χ1v) is 4.60. The van der Waals surface area contributed by atoms with Crippen LogP contribution in [0.5, 0.6) is 0 Å². The van der Waals surface area contributed by atoms with Crippen LogP contribution in [0, 0.1) is 0 Å². The van der Waals surface area contributed by atoms with Gasteiger partial charge in [0.25, 0.3) is 0 Å². The van der Waals surface area contributed by atoms with Crippen LogP contribution < -0.4 is 11.1 Å². The highest BCUT2D eigenvalue weighted by Crippen LogP contribution is 2.14. The van der Waals surface area contributed by atoms with E-state index < -0.39 is 0 Å². The number of carbonyl (C=O) groups is 1. The summed E-state index contributed by atoms with van der Waals surface area (Å²) in [6.45, 7) is 2.73. The van der Waals surface area contributed by atoms with Crippen molar-refractivity contribution >= 4 is 6.29 Å². The molecule has 0 heterocycles. The average molecular weight is 172 g/mol. The number of aldehydes is 1. The number of hydrogen-bond donors (Lipinski definition) is 2. The van der Waals surface area contributed by atoms with Gasteiger partial charge < -0.3 is 15.8 Å². The lowest BCUT2D eigenvalue weighted by atomic mass is 9.91. The molecule has 0 amide bonds. The molecule has 0 aromatic carbocycles. The first-order chi connectivity index (χ1) is 5.74. The predicted molar refractivity (Wildman–Crippen MR) is 51.1 cm³/mol. The van der Waals surface area contributed by atoms with Crippen LogP contribution in [-0.4, -0.2) is 25.4 Å². The first kappa shape index (κ1) is 11.6. The monoisotopic (exact) mass is 172 g/mol. The largest absolute Gasteiger partial charge is 0.330 e. The van der Waals surface area contributed by atoms with Gasteiger partial charge in [-0.2, -0.15) is 0 Å². The lowest BCUT2D eigenvalue weighted by Gasteiger charge is -2.25. The number of rotatable bonds is 7. The summed E-state index contributed by atoms with van der Waals surface area (Å²) < 4.78 is 0. The molecule has 1 atom stereocenters. The zero-order chi connectivity index (χ0) is 9.45. The molecule has 0 saturated carbocycles. The molecule has 0 radical (unpaired) electrons. The normalized spacial score (nSPS) is 15.6. The second kappa shape index (κ2) is 6.14. The minimum atomic E-state index is -0.310. The Labute approximate surface area is 74.7 Å². The Kier molecular flexibility index (Phi) is 5.93. The van der Waals surface area contributed by atoms with Crippen LogP contribution in [0.2, 0.25) is 0 Å². The van der Waals surface area contributed by atoms with Crippen molar-refractivity contribution in [2.24, 2.45) is 5.73 Å². The molecule has 0 aliphatic heterocycles. The van der Waals surface area contributed by atoms with Gasteiger partial charge in [-0.1, -0.05) is 6.92 Å². The zero-order valence-electron chi connectivity index (χ0n) is 8.10. The maximum atomic E-state index is 10.8. The summed E-state index contributed by atoms with van der Waals surface area (Å²) >= 11 is 0. The molecule has 0 aliphatic rings. The number of hydrogen-bond acceptors (Lipinski definition) is 3. The summed E-state index contributed by atoms with van der Waals surface area (Å²) in [4.78, 5) is 10.8. The van der Waals surface area contributed by atoms with Crippen molar-refractivity contribution in [1.29, 1.82) is 0 Å². The number of nitrogens with two attached hydrogens (primary N) is 1. The van der Waals surface area contributed by atoms with Gasteiger partial charge in [-0.15, -0.1) is 0 Å². The quantitative estimate of drug-likeness (QED) is 0.438. The summed E-state index contributed by atoms with van der Waals surface area (Å²) in [5.74, 6) is 0. The highest BCUT2D eigenvalue weighted by Gasteiger charge is 2.23. The molecule has 0 aromatic rings. The summed E-state index contributed by atoms with van der Waals surface area (Å²) in [7, 11) is 1.83. The van der Waals surface area contributed by atoms with Gasteiger partial charge in [0.05, 0.1) is 5.54 Å². The number of carbonyl (C=O) groups excluding carboxylic acids is 1. The van der Waals surface area contributed by atoms with E-state index in [1.165, 1.54) is 0 Å². The fourth-order valence-corrected chi connectivity index (χ4v) is 1.26. The molecular formula is C9H20N2O. The van der Waals surface area contributed by atoms with Crippen molar-refractivity contribution in [2.75, 3.05) is 13.6 Å². The summed E-state index contributed by atoms with van der Waals surface area (Å²) in [6.07, 6.45) is 4.77. The van der Waals surface area contributed by atoms with Crippen molar-refractivity contribution < 1.29 is 4.79 Å². The van der Waals surface area contributed by atoms with Gasteiger partial charge in [0.1, 0.15) is 6.29 Å². The third kappa shape index (κ3) is 3.32. The molecule has 1 unspecified atom stereocenters. The lowest BCUT2D eigenvalue weighted by molar-refractivity contribution is -0.113. The van der Waals surface area contributed by atoms with E-state index in [2.05, 4.69) is 5.32 Å². The van der Waals surface area contributed by atoms with Crippen LogP contribution in [0.3, 0.4) is 0 Å². The second-order valence-electron chi connectivity index (χ2n) is 3.12. The summed E-state index contributed by atoms with van der Waals surface area (Å²) in [6, 6.07) is 0. The van der Waals surface area contributed by atoms with Crippen LogP contribution in [0.1, 0.15) is 32.6 Å². The summed E-state index contributed by atoms with van der Waals surface area (Å²) in [5, 5.41) is 3.06. The molecule has 0 fully saturated rings. The number of nitrogens with one attached hydrogen (secondary N) is 1. The predicted octanol–water partition coefficient (Wildman–Crippen LogP) is 0.683. The molecule has 0 aromatic heterocycles. The molecule has 0 saturated heterocycles. The average Bonchev–Trinajstić information content (AvgIpc) is 2.14. The molecule has 12 heavy (non-hydrogen) atoms. The van der Waals surface area contributed by atoms with Gasteiger partial charge in [-0.05, 0) is 39.3 Å². The zero-order valence-corrected chi connectivity index (χ0v) is 8.10. The third-order valence-electron chi connectivity index (χ3n) is 2.43. The maximum Gasteiger partial charge on any atom is 0.140 e. The standard InChI is InChI=1S/C9H20N2O/c1-3-9(8-12,11-2)6-4-5-7-10/h8,11H,3-7,10H2,1-2H3. The molecule has 3 N–H and O–H groups in total. The van der Waals surface area contributed by atoms with Gasteiger partial charge in [0, 0.05) is 0 Å². The fourth-order valence-electron chi connectivity index (χ4n) is 1.26. The number of likely N-dealkylation sites (N-methyl/N-ethyl adjacent to an activating group) is 1. The highest BCUT2D eigenvalue weighted by molar-refractivity contribution is 5.63. The summed E-state index contributed by atoms with van der Waals surface area (Å²) in [5.41, 5.74) is 5.06. The van der Waals surface area contributed by atoms with E-state index >= 15 is 0 Å². The third-order valence-corrected chi connectivity index (χ3v) is 2.43. The Bertz CT molecular complexity index is 122. The van der Waals surface area contributed by atoms with Crippen LogP contribution in [0.25, 0.3) is 0 Å². The Morgan fingerprint density at radius 3 is 2.50 bits per heavy atom. The van der Waals surface area contributed by atoms with E-state index in [1.807, 2.05) is 14.0 Å². The van der Waals surface area contributed by atoms with Gasteiger partial charge in [0.2, 0.25) is 0 Å². The van der Waals surface area contributed by atoms with Crippen molar-refractivity contribution in [3.8, 4) is 0 Å². The Hall–Kier alpha value is -0.410. The van der Waals surface area contributed by atoms with E-state index in [9.17, 15) is 4.79 Å². The van der Waals surface area contributed by atoms with Crippen LogP contribution >= 0.6 is 0 Å². The SMILES string of the molecule is CCC(C=O)(CCCCN)NC. The Morgan fingerprint density at radius 1 is 1.50 bits per heavy atom. The van der Waals surface area contributed by atoms with Crippen molar-refractivity contribution in [2.45, 2.75) is 38.1 Å². The van der Waals surface area contributed by atoms with Gasteiger partial charge in [0.15, 0.2) is 0 Å². The van der Waals surface area contributed by atoms with Gasteiger partial charge >= 0.3 is 0 Å². The van der Waals surface area contributed by atoms with Crippen LogP contribution in [0.15, 0.2) is 0 Å². The van der Waals surface area contributed by atoms with Gasteiger partial charge in [-0.25, -0.2) is 0 Å². The van der Waals surface area contributed by atoms with Crippen LogP contribution in [-0.2, 0) is 4.79 Å². The molecule has 0 aliphatic carbocycles. The van der Waals surface area contributed by atoms with Crippen molar-refractivity contribution in [3.63, 3.8) is 0 Å². The minimum absolute atomic E-state index is 0.310. The van der Waals surface area contributed by atoms with Crippen molar-refractivity contribution in [3.05, 3.63) is 0 Å². The highest BCUT2D eigenvalue weighted by atomic mass is 16.1. The van der Waals surface area contributed by atoms with Crippen LogP contribution in [0.4, 0.5) is 0 Å². The molecule has 72 valence electrons. The molecule has 3 nitrogen and oxygen atoms in total. The van der Waals surface area contributed by atoms with E-state index in [4.69, 9.17) is 5.73 Å². The maximum absolute atomic E-state index is 10.8. The molecular weight excluding hydrogens is 152 g/mol. The van der Waals surface area contributed by atoms with Gasteiger partial charge in [-0.3, -0.25) is 0 Å². The molecule has 0 bridgehead atoms. The van der Waals surface area contributed by atoms with Crippen molar-refractivity contribution in [1.82, 2.24) is 5.32 Å². The molecule has 3 heteroatoms. The second-order valence-corrected chi connectivity index (χ2v) is 3.12. The smallest absolute Gasteiger partial charge is 0.140 e. The minimum Gasteiger partial charge on any atom is -0.330 e. The Balaban J connectivity index is 3.84. The lowest BCUT2D eigenvalue weighted by Crippen LogP contribution is -2.43. The molecule has 0 rings (SSSR count). The topological polar surface area (TPSA) is 55.1 Å². The van der Waals surface area contributed by atoms with E-state index in [0.29, 0.717) is 6.54 Å². The van der Waals surface area contributed by atoms with E-state index in [0.717, 1.165) is 32.0 Å². The van der Waals surface area contributed by atoms with E-state index in [-0.39, 0.29) is 5.54 Å². The Morgan fingerprint density at radius 2 is 2.17 bits per heavy atom. The van der Waals surface area contributed by atoms with E-state index in [1.54, 1.807) is 0 Å².